The van der Waals surface area contributed by atoms with E-state index in [1.165, 1.54) is 12.1 Å². The summed E-state index contributed by atoms with van der Waals surface area (Å²) in [4.78, 5) is 13.3. The molecule has 0 radical (unpaired) electrons. The lowest BCUT2D eigenvalue weighted by Gasteiger charge is -2.15. The maximum absolute atomic E-state index is 13.1. The molecule has 1 unspecified atom stereocenters. The Bertz CT molecular complexity index is 1080. The largest absolute Gasteiger partial charge is 0.392 e. The molecule has 2 aromatic heterocycles. The monoisotopic (exact) mass is 363 g/mol. The maximum Gasteiger partial charge on any atom is 0.159 e. The van der Waals surface area contributed by atoms with E-state index in [1.54, 1.807) is 30.9 Å². The highest BCUT2D eigenvalue weighted by Gasteiger charge is 2.10. The Morgan fingerprint density at radius 2 is 1.96 bits per heavy atom. The summed E-state index contributed by atoms with van der Waals surface area (Å²) in [7, 11) is 0. The Morgan fingerprint density at radius 3 is 2.74 bits per heavy atom. The van der Waals surface area contributed by atoms with Crippen LogP contribution in [-0.4, -0.2) is 24.6 Å². The van der Waals surface area contributed by atoms with Crippen LogP contribution < -0.4 is 5.32 Å². The van der Waals surface area contributed by atoms with Crippen molar-refractivity contribution in [3.63, 3.8) is 0 Å². The number of nitrogens with one attached hydrogen (secondary N) is 1. The molecule has 27 heavy (non-hydrogen) atoms. The molecular weight excluding hydrogens is 345 g/mol. The number of benzene rings is 2. The van der Waals surface area contributed by atoms with E-state index in [1.807, 2.05) is 29.7 Å². The van der Waals surface area contributed by atoms with Gasteiger partial charge in [-0.15, -0.1) is 0 Å². The number of hydrogen-bond donors (Lipinski definition) is 2. The van der Waals surface area contributed by atoms with Crippen LogP contribution >= 0.6 is 0 Å². The first-order valence-corrected chi connectivity index (χ1v) is 8.55. The highest BCUT2D eigenvalue weighted by atomic mass is 19.1. The molecule has 7 heteroatoms. The number of fused-ring (bicyclic) bond motifs is 1. The van der Waals surface area contributed by atoms with Crippen molar-refractivity contribution in [3.05, 3.63) is 78.1 Å². The summed E-state index contributed by atoms with van der Waals surface area (Å²) in [5.41, 5.74) is 3.41. The van der Waals surface area contributed by atoms with Crippen molar-refractivity contribution >= 4 is 16.9 Å². The standard InChI is InChI=1S/C20H18FN5O/c1-13(15-3-5-16(21)6-4-15)24-19-9-22-10-20(25-19)26-12-23-17-7-2-14(11-27)8-18(17)26/h2-10,12-13,27H,11H2,1H3,(H,24,25). The smallest absolute Gasteiger partial charge is 0.159 e. The van der Waals surface area contributed by atoms with Crippen LogP contribution in [0.15, 0.2) is 61.2 Å². The van der Waals surface area contributed by atoms with E-state index in [9.17, 15) is 9.50 Å². The van der Waals surface area contributed by atoms with Gasteiger partial charge in [-0.05, 0) is 42.3 Å². The van der Waals surface area contributed by atoms with Crippen LogP contribution in [0.1, 0.15) is 24.1 Å². The molecule has 4 aromatic rings. The Kier molecular flexibility index (Phi) is 4.52. The fourth-order valence-electron chi connectivity index (χ4n) is 2.93. The Morgan fingerprint density at radius 1 is 1.15 bits per heavy atom. The molecule has 1 atom stereocenters. The van der Waals surface area contributed by atoms with Crippen molar-refractivity contribution in [1.82, 2.24) is 19.5 Å². The van der Waals surface area contributed by atoms with E-state index in [0.29, 0.717) is 11.6 Å². The van der Waals surface area contributed by atoms with E-state index in [-0.39, 0.29) is 18.5 Å². The second-order valence-electron chi connectivity index (χ2n) is 6.28. The zero-order valence-corrected chi connectivity index (χ0v) is 14.7. The Hall–Kier alpha value is -3.32. The highest BCUT2D eigenvalue weighted by Crippen LogP contribution is 2.21. The van der Waals surface area contributed by atoms with Gasteiger partial charge in [-0.1, -0.05) is 18.2 Å². The lowest BCUT2D eigenvalue weighted by Crippen LogP contribution is -2.09. The molecule has 0 bridgehead atoms. The van der Waals surface area contributed by atoms with Crippen LogP contribution in [0.2, 0.25) is 0 Å². The molecule has 0 aliphatic rings. The molecule has 2 aromatic carbocycles. The minimum absolute atomic E-state index is 0.0381. The molecule has 2 N–H and O–H groups in total. The van der Waals surface area contributed by atoms with Crippen LogP contribution in [0.5, 0.6) is 0 Å². The predicted molar refractivity (Wildman–Crippen MR) is 101 cm³/mol. The molecule has 4 rings (SSSR count). The molecule has 0 saturated heterocycles. The molecule has 0 saturated carbocycles. The number of aliphatic hydroxyl groups is 1. The van der Waals surface area contributed by atoms with Crippen molar-refractivity contribution in [1.29, 1.82) is 0 Å². The fourth-order valence-corrected chi connectivity index (χ4v) is 2.93. The summed E-state index contributed by atoms with van der Waals surface area (Å²) < 4.78 is 14.9. The number of aliphatic hydroxyl groups excluding tert-OH is 1. The number of halogens is 1. The number of rotatable bonds is 5. The topological polar surface area (TPSA) is 75.9 Å². The van der Waals surface area contributed by atoms with E-state index >= 15 is 0 Å². The molecule has 0 spiro atoms. The second kappa shape index (κ2) is 7.13. The lowest BCUT2D eigenvalue weighted by molar-refractivity contribution is 0.282. The van der Waals surface area contributed by atoms with E-state index in [0.717, 1.165) is 22.2 Å². The van der Waals surface area contributed by atoms with Crippen LogP contribution in [-0.2, 0) is 6.61 Å². The predicted octanol–water partition coefficient (Wildman–Crippen LogP) is 3.62. The number of hydrogen-bond acceptors (Lipinski definition) is 5. The maximum atomic E-state index is 13.1. The van der Waals surface area contributed by atoms with Gasteiger partial charge < -0.3 is 10.4 Å². The van der Waals surface area contributed by atoms with Crippen molar-refractivity contribution in [2.24, 2.45) is 0 Å². The zero-order chi connectivity index (χ0) is 18.8. The van der Waals surface area contributed by atoms with Crippen molar-refractivity contribution in [3.8, 4) is 5.82 Å². The Labute approximate surface area is 155 Å². The number of aromatic nitrogens is 4. The van der Waals surface area contributed by atoms with Gasteiger partial charge in [-0.2, -0.15) is 0 Å². The third kappa shape index (κ3) is 3.50. The lowest BCUT2D eigenvalue weighted by atomic mass is 10.1. The first-order chi connectivity index (χ1) is 13.1. The van der Waals surface area contributed by atoms with Gasteiger partial charge in [0.05, 0.1) is 30.0 Å². The van der Waals surface area contributed by atoms with Gasteiger partial charge in [0.2, 0.25) is 0 Å². The fraction of sp³-hybridized carbons (Fsp3) is 0.150. The summed E-state index contributed by atoms with van der Waals surface area (Å²) in [5.74, 6) is 0.954. The molecule has 0 fully saturated rings. The molecule has 0 aliphatic carbocycles. The quantitative estimate of drug-likeness (QED) is 0.566. The van der Waals surface area contributed by atoms with E-state index in [4.69, 9.17) is 0 Å². The average Bonchev–Trinajstić information content (AvgIpc) is 3.11. The van der Waals surface area contributed by atoms with Crippen LogP contribution in [0.25, 0.3) is 16.9 Å². The summed E-state index contributed by atoms with van der Waals surface area (Å²) >= 11 is 0. The second-order valence-corrected chi connectivity index (χ2v) is 6.28. The van der Waals surface area contributed by atoms with Crippen molar-refractivity contribution < 1.29 is 9.50 Å². The van der Waals surface area contributed by atoms with Crippen LogP contribution in [0, 0.1) is 5.82 Å². The molecule has 136 valence electrons. The van der Waals surface area contributed by atoms with Gasteiger partial charge in [-0.25, -0.2) is 14.4 Å². The zero-order valence-electron chi connectivity index (χ0n) is 14.7. The normalized spacial score (nSPS) is 12.3. The number of nitrogens with zero attached hydrogens (tertiary/aromatic N) is 4. The summed E-state index contributed by atoms with van der Waals surface area (Å²) in [6.07, 6.45) is 4.98. The van der Waals surface area contributed by atoms with Crippen LogP contribution in [0.3, 0.4) is 0 Å². The SMILES string of the molecule is CC(Nc1cncc(-n2cnc3ccc(CO)cc32)n1)c1ccc(F)cc1. The number of imidazole rings is 1. The molecule has 2 heterocycles. The number of anilines is 1. The summed E-state index contributed by atoms with van der Waals surface area (Å²) in [6.45, 7) is 1.94. The Balaban J connectivity index is 1.64. The van der Waals surface area contributed by atoms with Gasteiger partial charge >= 0.3 is 0 Å². The minimum atomic E-state index is -0.262. The molecule has 0 aliphatic heterocycles. The first kappa shape index (κ1) is 17.1. The van der Waals surface area contributed by atoms with Gasteiger partial charge in [0.25, 0.3) is 0 Å². The van der Waals surface area contributed by atoms with Crippen molar-refractivity contribution in [2.75, 3.05) is 5.32 Å². The first-order valence-electron chi connectivity index (χ1n) is 8.55. The summed E-state index contributed by atoms with van der Waals surface area (Å²) in [6, 6.07) is 11.9. The average molecular weight is 363 g/mol. The minimum Gasteiger partial charge on any atom is -0.392 e. The third-order valence-electron chi connectivity index (χ3n) is 4.40. The molecule has 6 nitrogen and oxygen atoms in total. The van der Waals surface area contributed by atoms with E-state index < -0.39 is 0 Å². The summed E-state index contributed by atoms with van der Waals surface area (Å²) in [5, 5.41) is 12.7. The van der Waals surface area contributed by atoms with Gasteiger partial charge in [0, 0.05) is 6.04 Å². The van der Waals surface area contributed by atoms with E-state index in [2.05, 4.69) is 20.3 Å². The van der Waals surface area contributed by atoms with Crippen LogP contribution in [0.4, 0.5) is 10.2 Å². The third-order valence-corrected chi connectivity index (χ3v) is 4.40. The van der Waals surface area contributed by atoms with Crippen molar-refractivity contribution in [2.45, 2.75) is 19.6 Å². The van der Waals surface area contributed by atoms with Gasteiger partial charge in [0.15, 0.2) is 5.82 Å². The van der Waals surface area contributed by atoms with Gasteiger partial charge in [-0.3, -0.25) is 9.55 Å². The van der Waals surface area contributed by atoms with Gasteiger partial charge in [0.1, 0.15) is 18.0 Å². The highest BCUT2D eigenvalue weighted by molar-refractivity contribution is 5.77. The molecule has 0 amide bonds. The molecular formula is C20H18FN5O.